The van der Waals surface area contributed by atoms with Gasteiger partial charge in [-0.3, -0.25) is 4.79 Å². The summed E-state index contributed by atoms with van der Waals surface area (Å²) in [7, 11) is 0. The van der Waals surface area contributed by atoms with Gasteiger partial charge in [0.05, 0.1) is 5.69 Å². The zero-order chi connectivity index (χ0) is 22.5. The summed E-state index contributed by atoms with van der Waals surface area (Å²) in [5, 5.41) is 0. The Morgan fingerprint density at radius 3 is 2.66 bits per heavy atom. The summed E-state index contributed by atoms with van der Waals surface area (Å²) >= 11 is 0. The van der Waals surface area contributed by atoms with Crippen molar-refractivity contribution in [3.05, 3.63) is 65.1 Å². The molecular formula is C23H22F3N3O3. The van der Waals surface area contributed by atoms with Crippen LogP contribution < -0.4 is 4.74 Å². The lowest BCUT2D eigenvalue weighted by atomic mass is 9.98. The van der Waals surface area contributed by atoms with E-state index in [9.17, 15) is 18.0 Å². The first-order valence-electron chi connectivity index (χ1n) is 10.5. The molecule has 6 nitrogen and oxygen atoms in total. The normalized spacial score (nSPS) is 16.2. The van der Waals surface area contributed by atoms with Crippen LogP contribution in [0, 0.1) is 6.92 Å². The Morgan fingerprint density at radius 2 is 1.97 bits per heavy atom. The third-order valence-electron chi connectivity index (χ3n) is 5.91. The molecule has 3 heterocycles. The fraction of sp³-hybridized carbons (Fsp3) is 0.391. The summed E-state index contributed by atoms with van der Waals surface area (Å²) in [6.07, 6.45) is 1.38. The summed E-state index contributed by atoms with van der Waals surface area (Å²) in [5.41, 5.74) is 3.04. The number of aromatic nitrogens is 2. The lowest BCUT2D eigenvalue weighted by molar-refractivity contribution is -0.186. The molecule has 0 radical (unpaired) electrons. The summed E-state index contributed by atoms with van der Waals surface area (Å²) in [5.74, 6) is 0.522. The van der Waals surface area contributed by atoms with Crippen molar-refractivity contribution < 1.29 is 27.1 Å². The monoisotopic (exact) mass is 445 g/mol. The molecule has 0 unspecified atom stereocenters. The van der Waals surface area contributed by atoms with Crippen molar-refractivity contribution in [1.82, 2.24) is 14.5 Å². The minimum atomic E-state index is -4.88. The Kier molecular flexibility index (Phi) is 4.98. The van der Waals surface area contributed by atoms with Gasteiger partial charge in [-0.25, -0.2) is 4.98 Å². The highest BCUT2D eigenvalue weighted by Crippen LogP contribution is 2.40. The van der Waals surface area contributed by atoms with E-state index >= 15 is 0 Å². The number of hydrogen-bond acceptors (Lipinski definition) is 4. The number of rotatable bonds is 5. The molecule has 32 heavy (non-hydrogen) atoms. The maximum Gasteiger partial charge on any atom is 0.471 e. The maximum atomic E-state index is 12.9. The van der Waals surface area contributed by atoms with E-state index in [0.29, 0.717) is 35.1 Å². The van der Waals surface area contributed by atoms with Crippen LogP contribution in [0.1, 0.15) is 47.2 Å². The van der Waals surface area contributed by atoms with Gasteiger partial charge < -0.3 is 18.6 Å². The highest BCUT2D eigenvalue weighted by Gasteiger charge is 2.43. The van der Waals surface area contributed by atoms with E-state index in [1.54, 1.807) is 6.07 Å². The van der Waals surface area contributed by atoms with Crippen LogP contribution in [0.2, 0.25) is 0 Å². The van der Waals surface area contributed by atoms with Gasteiger partial charge in [0.15, 0.2) is 5.89 Å². The highest BCUT2D eigenvalue weighted by atomic mass is 19.4. The summed E-state index contributed by atoms with van der Waals surface area (Å²) in [6, 6.07) is 7.43. The first kappa shape index (κ1) is 20.7. The summed E-state index contributed by atoms with van der Waals surface area (Å²) in [6.45, 7) is 1.95. The largest absolute Gasteiger partial charge is 0.485 e. The lowest BCUT2D eigenvalue weighted by Gasteiger charge is -2.30. The van der Waals surface area contributed by atoms with Crippen molar-refractivity contribution in [3.8, 4) is 11.4 Å². The predicted molar refractivity (Wildman–Crippen MR) is 108 cm³/mol. The molecule has 2 aliphatic rings. The van der Waals surface area contributed by atoms with Crippen molar-refractivity contribution >= 4 is 5.91 Å². The molecule has 0 bridgehead atoms. The lowest BCUT2D eigenvalue weighted by Crippen LogP contribution is -2.43. The Bertz CT molecular complexity index is 1150. The van der Waals surface area contributed by atoms with E-state index in [-0.39, 0.29) is 19.7 Å². The molecule has 9 heteroatoms. The number of alkyl halides is 3. The van der Waals surface area contributed by atoms with Crippen molar-refractivity contribution in [2.75, 3.05) is 6.54 Å². The molecule has 1 saturated carbocycles. The molecule has 0 saturated heterocycles. The van der Waals surface area contributed by atoms with Crippen LogP contribution in [0.25, 0.3) is 5.69 Å². The fourth-order valence-corrected chi connectivity index (χ4v) is 3.97. The molecule has 1 aliphatic carbocycles. The molecule has 0 N–H and O–H groups in total. The van der Waals surface area contributed by atoms with Crippen LogP contribution in [0.4, 0.5) is 13.2 Å². The molecule has 3 aromatic rings. The Labute approximate surface area is 182 Å². The van der Waals surface area contributed by atoms with Gasteiger partial charge in [0.25, 0.3) is 0 Å². The van der Waals surface area contributed by atoms with Gasteiger partial charge in [0.1, 0.15) is 23.8 Å². The number of halogens is 3. The molecule has 1 aromatic carbocycles. The zero-order valence-electron chi connectivity index (χ0n) is 17.5. The molecule has 1 amide bonds. The number of hydrogen-bond donors (Lipinski definition) is 0. The minimum absolute atomic E-state index is 0.0265. The molecule has 168 valence electrons. The molecule has 1 fully saturated rings. The number of fused-ring (bicyclic) bond motifs is 1. The molecular weight excluding hydrogens is 423 g/mol. The molecule has 1 aliphatic heterocycles. The maximum absolute atomic E-state index is 12.9. The van der Waals surface area contributed by atoms with E-state index in [1.807, 2.05) is 42.1 Å². The number of nitrogens with zero attached hydrogens (tertiary/aromatic N) is 3. The van der Waals surface area contributed by atoms with Crippen LogP contribution in [-0.2, 0) is 24.4 Å². The first-order valence-corrected chi connectivity index (χ1v) is 10.5. The van der Waals surface area contributed by atoms with Crippen LogP contribution in [0.3, 0.4) is 0 Å². The van der Waals surface area contributed by atoms with Crippen LogP contribution >= 0.6 is 0 Å². The molecule has 0 spiro atoms. The van der Waals surface area contributed by atoms with E-state index < -0.39 is 12.1 Å². The second-order valence-electron chi connectivity index (χ2n) is 8.27. The number of aryl methyl sites for hydroxylation is 1. The van der Waals surface area contributed by atoms with Gasteiger partial charge in [-0.2, -0.15) is 13.2 Å². The third-order valence-corrected chi connectivity index (χ3v) is 5.91. The van der Waals surface area contributed by atoms with E-state index in [1.165, 1.54) is 0 Å². The second kappa shape index (κ2) is 7.72. The standard InChI is InChI=1S/C23H22F3N3O3/c1-14-18(27-21(32-14)15-4-5-15)13-31-20-11-17-12-29(22(30)23(24,25)26)9-6-16(17)10-19(20)28-7-2-3-8-28/h2-3,7-8,10-11,15H,4-6,9,12-13H2,1H3. The SMILES string of the molecule is Cc1oc(C2CC2)nc1COc1cc2c(cc1-n1cccc1)CCN(C(=O)C(F)(F)F)C2. The van der Waals surface area contributed by atoms with Crippen LogP contribution in [0.5, 0.6) is 5.75 Å². The van der Waals surface area contributed by atoms with Crippen molar-refractivity contribution in [3.63, 3.8) is 0 Å². The van der Waals surface area contributed by atoms with Gasteiger partial charge in [-0.1, -0.05) is 0 Å². The number of carbonyl (C=O) groups excluding carboxylic acids is 1. The Hall–Kier alpha value is -3.23. The van der Waals surface area contributed by atoms with Gasteiger partial charge in [0.2, 0.25) is 0 Å². The van der Waals surface area contributed by atoms with E-state index in [2.05, 4.69) is 4.98 Å². The van der Waals surface area contributed by atoms with Gasteiger partial charge >= 0.3 is 12.1 Å². The van der Waals surface area contributed by atoms with Crippen LogP contribution in [0.15, 0.2) is 41.1 Å². The quantitative estimate of drug-likeness (QED) is 0.572. The number of benzene rings is 1. The molecule has 0 atom stereocenters. The first-order chi connectivity index (χ1) is 15.3. The zero-order valence-corrected chi connectivity index (χ0v) is 17.5. The van der Waals surface area contributed by atoms with Crippen molar-refractivity contribution in [1.29, 1.82) is 0 Å². The Balaban J connectivity index is 1.43. The predicted octanol–water partition coefficient (Wildman–Crippen LogP) is 4.68. The van der Waals surface area contributed by atoms with Crippen molar-refractivity contribution in [2.45, 2.75) is 51.4 Å². The average molecular weight is 445 g/mol. The summed E-state index contributed by atoms with van der Waals surface area (Å²) < 4.78 is 52.5. The number of ether oxygens (including phenoxy) is 1. The number of carbonyl (C=O) groups is 1. The van der Waals surface area contributed by atoms with Gasteiger partial charge in [-0.15, -0.1) is 0 Å². The Morgan fingerprint density at radius 1 is 1.22 bits per heavy atom. The average Bonchev–Trinajstić information content (AvgIpc) is 3.33. The highest BCUT2D eigenvalue weighted by molar-refractivity contribution is 5.82. The molecule has 2 aromatic heterocycles. The summed E-state index contributed by atoms with van der Waals surface area (Å²) in [4.78, 5) is 17.1. The smallest absolute Gasteiger partial charge is 0.471 e. The number of oxazole rings is 1. The third kappa shape index (κ3) is 3.99. The number of amides is 1. The van der Waals surface area contributed by atoms with Gasteiger partial charge in [-0.05, 0) is 61.6 Å². The topological polar surface area (TPSA) is 60.5 Å². The fourth-order valence-electron chi connectivity index (χ4n) is 3.97. The van der Waals surface area contributed by atoms with E-state index in [4.69, 9.17) is 9.15 Å². The molecule has 5 rings (SSSR count). The van der Waals surface area contributed by atoms with E-state index in [0.717, 1.165) is 34.9 Å². The second-order valence-corrected chi connectivity index (χ2v) is 8.27. The van der Waals surface area contributed by atoms with Gasteiger partial charge in [0, 0.05) is 31.4 Å². The van der Waals surface area contributed by atoms with Crippen molar-refractivity contribution in [2.24, 2.45) is 0 Å². The minimum Gasteiger partial charge on any atom is -0.485 e. The van der Waals surface area contributed by atoms with Crippen LogP contribution in [-0.4, -0.2) is 33.1 Å².